The van der Waals surface area contributed by atoms with Gasteiger partial charge in [-0.25, -0.2) is 8.42 Å². The normalized spacial score (nSPS) is 15.5. The third kappa shape index (κ3) is 5.14. The van der Waals surface area contributed by atoms with Crippen molar-refractivity contribution in [3.63, 3.8) is 0 Å². The number of rotatable bonds is 6. The lowest BCUT2D eigenvalue weighted by atomic mass is 9.97. The molecule has 1 heterocycles. The fourth-order valence-electron chi connectivity index (χ4n) is 3.87. The molecule has 166 valence electrons. The number of aryl methyl sites for hydroxylation is 2. The number of anilines is 1. The second-order valence-corrected chi connectivity index (χ2v) is 9.75. The number of carbonyl (C=O) groups is 2. The number of piperidine rings is 1. The highest BCUT2D eigenvalue weighted by Crippen LogP contribution is 2.27. The minimum Gasteiger partial charge on any atom is -0.352 e. The van der Waals surface area contributed by atoms with Crippen molar-refractivity contribution in [1.82, 2.24) is 9.62 Å². The summed E-state index contributed by atoms with van der Waals surface area (Å²) in [5, 5.41) is 5.59. The van der Waals surface area contributed by atoms with Crippen molar-refractivity contribution in [2.24, 2.45) is 5.92 Å². The molecule has 31 heavy (non-hydrogen) atoms. The molecule has 0 aromatic heterocycles. The van der Waals surface area contributed by atoms with Gasteiger partial charge in [0.05, 0.1) is 16.1 Å². The van der Waals surface area contributed by atoms with Crippen LogP contribution in [-0.4, -0.2) is 44.2 Å². The molecule has 0 atom stereocenters. The summed E-state index contributed by atoms with van der Waals surface area (Å²) in [5.74, 6) is -0.749. The molecule has 2 N–H and O–H groups in total. The van der Waals surface area contributed by atoms with Crippen LogP contribution in [0.1, 0.15) is 41.3 Å². The van der Waals surface area contributed by atoms with Crippen molar-refractivity contribution < 1.29 is 18.0 Å². The number of amides is 2. The molecule has 8 heteroatoms. The second-order valence-electron chi connectivity index (χ2n) is 7.84. The fraction of sp³-hybridized carbons (Fsp3) is 0.391. The fourth-order valence-corrected chi connectivity index (χ4v) is 5.54. The van der Waals surface area contributed by atoms with Gasteiger partial charge in [-0.3, -0.25) is 9.59 Å². The maximum absolute atomic E-state index is 13.0. The first-order valence-corrected chi connectivity index (χ1v) is 11.9. The molecule has 0 spiro atoms. The number of benzene rings is 2. The lowest BCUT2D eigenvalue weighted by Crippen LogP contribution is -2.41. The Labute approximate surface area is 183 Å². The summed E-state index contributed by atoms with van der Waals surface area (Å²) in [6.45, 7) is 6.62. The van der Waals surface area contributed by atoms with Crippen molar-refractivity contribution in [2.45, 2.75) is 38.5 Å². The van der Waals surface area contributed by atoms with Gasteiger partial charge in [-0.05, 0) is 57.4 Å². The molecular weight excluding hydrogens is 414 g/mol. The highest BCUT2D eigenvalue weighted by atomic mass is 32.2. The number of nitrogens with one attached hydrogen (secondary N) is 2. The Hall–Kier alpha value is -2.71. The van der Waals surface area contributed by atoms with Crippen molar-refractivity contribution in [3.8, 4) is 0 Å². The molecule has 1 aliphatic heterocycles. The molecule has 1 fully saturated rings. The zero-order valence-electron chi connectivity index (χ0n) is 18.1. The van der Waals surface area contributed by atoms with Crippen LogP contribution in [0.4, 0.5) is 5.69 Å². The summed E-state index contributed by atoms with van der Waals surface area (Å²) in [6.07, 6.45) is 0.860. The molecule has 1 saturated heterocycles. The van der Waals surface area contributed by atoms with Crippen LogP contribution in [0.2, 0.25) is 0 Å². The van der Waals surface area contributed by atoms with Gasteiger partial charge < -0.3 is 10.6 Å². The Morgan fingerprint density at radius 1 is 1.06 bits per heavy atom. The van der Waals surface area contributed by atoms with E-state index < -0.39 is 10.0 Å². The van der Waals surface area contributed by atoms with E-state index in [2.05, 4.69) is 10.6 Å². The molecule has 0 unspecified atom stereocenters. The molecule has 0 bridgehead atoms. The molecular formula is C23H29N3O4S. The molecule has 0 radical (unpaired) electrons. The summed E-state index contributed by atoms with van der Waals surface area (Å²) < 4.78 is 27.6. The first kappa shape index (κ1) is 23.0. The number of para-hydroxylation sites is 1. The zero-order chi connectivity index (χ0) is 22.6. The summed E-state index contributed by atoms with van der Waals surface area (Å²) in [6, 6.07) is 12.2. The van der Waals surface area contributed by atoms with Gasteiger partial charge in [-0.15, -0.1) is 0 Å². The van der Waals surface area contributed by atoms with E-state index in [1.807, 2.05) is 19.9 Å². The van der Waals surface area contributed by atoms with Gasteiger partial charge in [-0.1, -0.05) is 29.8 Å². The summed E-state index contributed by atoms with van der Waals surface area (Å²) >= 11 is 0. The molecule has 2 amide bonds. The van der Waals surface area contributed by atoms with Crippen LogP contribution >= 0.6 is 0 Å². The van der Waals surface area contributed by atoms with E-state index in [1.54, 1.807) is 43.3 Å². The Kier molecular flexibility index (Phi) is 7.12. The Balaban J connectivity index is 1.66. The van der Waals surface area contributed by atoms with Crippen LogP contribution in [0.25, 0.3) is 0 Å². The van der Waals surface area contributed by atoms with Gasteiger partial charge in [0.25, 0.3) is 5.91 Å². The quantitative estimate of drug-likeness (QED) is 0.717. The standard InChI is InChI=1S/C23H29N3O4S/c1-4-24-23(28)19-7-5-6-8-20(19)25-22(27)18-11-13-26(14-12-18)31(29,30)21-10-9-16(2)15-17(21)3/h5-10,15,18H,4,11-14H2,1-3H3,(H,24,28)(H,25,27). The lowest BCUT2D eigenvalue weighted by Gasteiger charge is -2.31. The Morgan fingerprint density at radius 3 is 2.39 bits per heavy atom. The summed E-state index contributed by atoms with van der Waals surface area (Å²) in [5.41, 5.74) is 2.61. The zero-order valence-corrected chi connectivity index (χ0v) is 19.0. The van der Waals surface area contributed by atoms with Gasteiger partial charge in [-0.2, -0.15) is 4.31 Å². The van der Waals surface area contributed by atoms with Gasteiger partial charge in [0, 0.05) is 25.6 Å². The van der Waals surface area contributed by atoms with Crippen LogP contribution in [-0.2, 0) is 14.8 Å². The van der Waals surface area contributed by atoms with E-state index in [4.69, 9.17) is 0 Å². The average molecular weight is 444 g/mol. The first-order valence-electron chi connectivity index (χ1n) is 10.5. The van der Waals surface area contributed by atoms with Gasteiger partial charge in [0.2, 0.25) is 15.9 Å². The van der Waals surface area contributed by atoms with E-state index in [0.29, 0.717) is 35.5 Å². The molecule has 0 saturated carbocycles. The average Bonchev–Trinajstić information content (AvgIpc) is 2.74. The van der Waals surface area contributed by atoms with Gasteiger partial charge >= 0.3 is 0 Å². The number of nitrogens with zero attached hydrogens (tertiary/aromatic N) is 1. The second kappa shape index (κ2) is 9.62. The summed E-state index contributed by atoms with van der Waals surface area (Å²) in [4.78, 5) is 25.3. The minimum atomic E-state index is -3.59. The predicted molar refractivity (Wildman–Crippen MR) is 120 cm³/mol. The van der Waals surface area contributed by atoms with E-state index in [1.165, 1.54) is 4.31 Å². The van der Waals surface area contributed by atoms with Crippen molar-refractivity contribution in [2.75, 3.05) is 25.0 Å². The third-order valence-electron chi connectivity index (χ3n) is 5.54. The number of hydrogen-bond acceptors (Lipinski definition) is 4. The maximum atomic E-state index is 13.0. The molecule has 0 aliphatic carbocycles. The van der Waals surface area contributed by atoms with Crippen molar-refractivity contribution in [3.05, 3.63) is 59.2 Å². The minimum absolute atomic E-state index is 0.194. The van der Waals surface area contributed by atoms with Crippen molar-refractivity contribution >= 4 is 27.5 Å². The SMILES string of the molecule is CCNC(=O)c1ccccc1NC(=O)C1CCN(S(=O)(=O)c2ccc(C)cc2C)CC1. The molecule has 2 aromatic rings. The largest absolute Gasteiger partial charge is 0.352 e. The Bertz CT molecular complexity index is 1070. The van der Waals surface area contributed by atoms with Crippen molar-refractivity contribution in [1.29, 1.82) is 0 Å². The van der Waals surface area contributed by atoms with E-state index in [9.17, 15) is 18.0 Å². The molecule has 3 rings (SSSR count). The lowest BCUT2D eigenvalue weighted by molar-refractivity contribution is -0.120. The predicted octanol–water partition coefficient (Wildman–Crippen LogP) is 3.09. The first-order chi connectivity index (χ1) is 14.7. The number of sulfonamides is 1. The highest BCUT2D eigenvalue weighted by Gasteiger charge is 2.33. The van der Waals surface area contributed by atoms with Crippen LogP contribution in [0, 0.1) is 19.8 Å². The topological polar surface area (TPSA) is 95.6 Å². The molecule has 2 aromatic carbocycles. The van der Waals surface area contributed by atoms with Gasteiger partial charge in [0.15, 0.2) is 0 Å². The summed E-state index contributed by atoms with van der Waals surface area (Å²) in [7, 11) is -3.59. The Morgan fingerprint density at radius 2 is 1.74 bits per heavy atom. The van der Waals surface area contributed by atoms with Crippen LogP contribution in [0.3, 0.4) is 0 Å². The smallest absolute Gasteiger partial charge is 0.253 e. The van der Waals surface area contributed by atoms with E-state index in [-0.39, 0.29) is 30.8 Å². The molecule has 1 aliphatic rings. The van der Waals surface area contributed by atoms with Crippen LogP contribution in [0.15, 0.2) is 47.4 Å². The van der Waals surface area contributed by atoms with E-state index >= 15 is 0 Å². The number of hydrogen-bond donors (Lipinski definition) is 2. The monoisotopic (exact) mass is 443 g/mol. The number of carbonyl (C=O) groups excluding carboxylic acids is 2. The third-order valence-corrected chi connectivity index (χ3v) is 7.60. The molecule has 7 nitrogen and oxygen atoms in total. The van der Waals surface area contributed by atoms with E-state index in [0.717, 1.165) is 11.1 Å². The highest BCUT2D eigenvalue weighted by molar-refractivity contribution is 7.89. The van der Waals surface area contributed by atoms with Crippen LogP contribution in [0.5, 0.6) is 0 Å². The van der Waals surface area contributed by atoms with Crippen LogP contribution < -0.4 is 10.6 Å². The van der Waals surface area contributed by atoms with Gasteiger partial charge in [0.1, 0.15) is 0 Å². The maximum Gasteiger partial charge on any atom is 0.253 e.